The second-order valence-electron chi connectivity index (χ2n) is 13.2. The number of phenols is 1. The molecule has 0 aromatic heterocycles. The third kappa shape index (κ3) is 24.9. The Morgan fingerprint density at radius 2 is 1.00 bits per heavy atom. The first-order chi connectivity index (χ1) is 21.1. The molecule has 0 unspecified atom stereocenters. The molecule has 0 bridgehead atoms. The van der Waals surface area contributed by atoms with Crippen LogP contribution in [0.5, 0.6) is 17.2 Å². The first kappa shape index (κ1) is 43.7. The van der Waals surface area contributed by atoms with Gasteiger partial charge in [0.15, 0.2) is 0 Å². The highest BCUT2D eigenvalue weighted by atomic mass is 16.5. The summed E-state index contributed by atoms with van der Waals surface area (Å²) in [5.74, 6) is 0.944. The SMILES string of the molecule is C=C(C)C(=O)Oc1ccc(C)cc1.C=C(C)C=O.CC(C)(C)C.CCC(C)(C)C(=O)Oc1ccc(C)cc1.Cc1ccc(O)cc1. The van der Waals surface area contributed by atoms with Crippen LogP contribution in [0.2, 0.25) is 0 Å². The fourth-order valence-electron chi connectivity index (χ4n) is 2.34. The Morgan fingerprint density at radius 1 is 0.696 bits per heavy atom. The van der Waals surface area contributed by atoms with Gasteiger partial charge in [-0.1, -0.05) is 101 Å². The monoisotopic (exact) mass is 632 g/mol. The van der Waals surface area contributed by atoms with E-state index in [0.717, 1.165) is 23.8 Å². The molecule has 0 fully saturated rings. The molecule has 3 aromatic rings. The van der Waals surface area contributed by atoms with Crippen molar-refractivity contribution >= 4 is 18.2 Å². The summed E-state index contributed by atoms with van der Waals surface area (Å²) in [7, 11) is 0. The Hall–Kier alpha value is -4.45. The van der Waals surface area contributed by atoms with E-state index in [9.17, 15) is 14.4 Å². The smallest absolute Gasteiger partial charge is 0.338 e. The second-order valence-corrected chi connectivity index (χ2v) is 13.2. The van der Waals surface area contributed by atoms with Crippen LogP contribution >= 0.6 is 0 Å². The molecule has 0 aliphatic rings. The summed E-state index contributed by atoms with van der Waals surface area (Å²) in [5.41, 5.74) is 4.53. The van der Waals surface area contributed by atoms with Gasteiger partial charge in [-0.15, -0.1) is 0 Å². The van der Waals surface area contributed by atoms with Crippen LogP contribution in [0.1, 0.15) is 85.4 Å². The van der Waals surface area contributed by atoms with Crippen LogP contribution in [-0.2, 0) is 14.4 Å². The van der Waals surface area contributed by atoms with Gasteiger partial charge < -0.3 is 14.6 Å². The quantitative estimate of drug-likeness (QED) is 0.126. The Morgan fingerprint density at radius 3 is 1.26 bits per heavy atom. The number of aldehydes is 1. The molecule has 0 radical (unpaired) electrons. The topological polar surface area (TPSA) is 89.9 Å². The van der Waals surface area contributed by atoms with E-state index in [1.807, 2.05) is 90.1 Å². The largest absolute Gasteiger partial charge is 0.508 e. The molecule has 6 nitrogen and oxygen atoms in total. The van der Waals surface area contributed by atoms with E-state index in [2.05, 4.69) is 40.9 Å². The molecular weight excluding hydrogens is 576 g/mol. The van der Waals surface area contributed by atoms with Gasteiger partial charge >= 0.3 is 11.9 Å². The number of aryl methyl sites for hydroxylation is 3. The maximum Gasteiger partial charge on any atom is 0.338 e. The predicted molar refractivity (Wildman–Crippen MR) is 191 cm³/mol. The summed E-state index contributed by atoms with van der Waals surface area (Å²) in [6.45, 7) is 30.6. The van der Waals surface area contributed by atoms with E-state index in [4.69, 9.17) is 14.6 Å². The van der Waals surface area contributed by atoms with Crippen LogP contribution in [0.25, 0.3) is 0 Å². The zero-order valence-corrected chi connectivity index (χ0v) is 30.1. The normalized spacial score (nSPS) is 9.91. The van der Waals surface area contributed by atoms with Crippen LogP contribution in [0.3, 0.4) is 0 Å². The van der Waals surface area contributed by atoms with Crippen LogP contribution in [-0.4, -0.2) is 23.3 Å². The zero-order chi connectivity index (χ0) is 36.1. The summed E-state index contributed by atoms with van der Waals surface area (Å²) in [6, 6.07) is 21.9. The third-order valence-corrected chi connectivity index (χ3v) is 5.48. The van der Waals surface area contributed by atoms with Gasteiger partial charge in [0.05, 0.1) is 5.41 Å². The molecule has 0 amide bonds. The zero-order valence-electron chi connectivity index (χ0n) is 30.1. The van der Waals surface area contributed by atoms with Gasteiger partial charge in [-0.3, -0.25) is 9.59 Å². The van der Waals surface area contributed by atoms with Gasteiger partial charge in [0.25, 0.3) is 0 Å². The Kier molecular flexibility index (Phi) is 21.0. The molecule has 1 N–H and O–H groups in total. The molecule has 0 heterocycles. The van der Waals surface area contributed by atoms with E-state index < -0.39 is 5.41 Å². The molecule has 0 saturated carbocycles. The van der Waals surface area contributed by atoms with Crippen molar-refractivity contribution in [2.75, 3.05) is 0 Å². The van der Waals surface area contributed by atoms with E-state index in [1.54, 1.807) is 38.1 Å². The van der Waals surface area contributed by atoms with Gasteiger partial charge in [-0.05, 0) is 102 Å². The molecule has 3 aromatic carbocycles. The van der Waals surface area contributed by atoms with Crippen molar-refractivity contribution < 1.29 is 29.0 Å². The second kappa shape index (κ2) is 22.1. The molecule has 0 aliphatic heterocycles. The number of esters is 2. The molecule has 6 heteroatoms. The van der Waals surface area contributed by atoms with Crippen LogP contribution in [0, 0.1) is 31.6 Å². The number of carbonyl (C=O) groups excluding carboxylic acids is 3. The molecule has 46 heavy (non-hydrogen) atoms. The lowest BCUT2D eigenvalue weighted by Crippen LogP contribution is -2.28. The number of benzene rings is 3. The number of rotatable bonds is 6. The fraction of sp³-hybridized carbons (Fsp3) is 0.375. The maximum atomic E-state index is 11.7. The van der Waals surface area contributed by atoms with E-state index in [0.29, 0.717) is 33.8 Å². The standard InChI is InChI=1S/C13H18O2.C11H12O2.C7H8O.C5H12.C4H6O/c1-5-13(3,4)12(14)15-11-8-6-10(2)7-9-11;1-8(2)11(12)13-10-6-4-9(3)5-7-10;1-6-2-4-7(8)5-3-6;1-5(2,3)4;1-4(2)3-5/h6-9H,5H2,1-4H3;4-7H,1H2,2-3H3;2-5,8H,1H3;1-4H3;3H,1H2,2H3. The van der Waals surface area contributed by atoms with Crippen LogP contribution < -0.4 is 9.47 Å². The van der Waals surface area contributed by atoms with Crippen molar-refractivity contribution in [2.24, 2.45) is 10.8 Å². The molecule has 0 spiro atoms. The average molecular weight is 633 g/mol. The number of ether oxygens (including phenoxy) is 2. The van der Waals surface area contributed by atoms with Gasteiger partial charge in [-0.25, -0.2) is 4.79 Å². The van der Waals surface area contributed by atoms with Gasteiger partial charge in [-0.2, -0.15) is 0 Å². The first-order valence-electron chi connectivity index (χ1n) is 15.2. The molecular formula is C40H56O6. The van der Waals surface area contributed by atoms with E-state index in [-0.39, 0.29) is 11.9 Å². The molecule has 0 aliphatic carbocycles. The number of hydrogen-bond donors (Lipinski definition) is 1. The van der Waals surface area contributed by atoms with Crippen molar-refractivity contribution in [1.29, 1.82) is 0 Å². The lowest BCUT2D eigenvalue weighted by molar-refractivity contribution is -0.144. The van der Waals surface area contributed by atoms with Crippen molar-refractivity contribution in [3.63, 3.8) is 0 Å². The molecule has 0 atom stereocenters. The van der Waals surface area contributed by atoms with Crippen molar-refractivity contribution in [1.82, 2.24) is 0 Å². The Bertz CT molecular complexity index is 1310. The summed E-state index contributed by atoms with van der Waals surface area (Å²) in [4.78, 5) is 32.2. The Labute approximate surface area is 278 Å². The lowest BCUT2D eigenvalue weighted by atomic mass is 9.91. The molecule has 0 saturated heterocycles. The van der Waals surface area contributed by atoms with Gasteiger partial charge in [0.1, 0.15) is 23.5 Å². The first-order valence-corrected chi connectivity index (χ1v) is 15.2. The molecule has 252 valence electrons. The summed E-state index contributed by atoms with van der Waals surface area (Å²) < 4.78 is 10.3. The minimum atomic E-state index is -0.412. The highest BCUT2D eigenvalue weighted by Crippen LogP contribution is 2.23. The summed E-state index contributed by atoms with van der Waals surface area (Å²) in [6.07, 6.45) is 1.50. The number of phenolic OH excluding ortho intramolecular Hbond substituents is 1. The highest BCUT2D eigenvalue weighted by Gasteiger charge is 2.27. The number of carbonyl (C=O) groups is 3. The van der Waals surface area contributed by atoms with Crippen LogP contribution in [0.4, 0.5) is 0 Å². The predicted octanol–water partition coefficient (Wildman–Crippen LogP) is 10.3. The van der Waals surface area contributed by atoms with E-state index >= 15 is 0 Å². The highest BCUT2D eigenvalue weighted by molar-refractivity contribution is 5.88. The summed E-state index contributed by atoms with van der Waals surface area (Å²) in [5, 5.41) is 8.76. The number of allylic oxidation sites excluding steroid dienone is 1. The lowest BCUT2D eigenvalue weighted by Gasteiger charge is -2.19. The third-order valence-electron chi connectivity index (χ3n) is 5.48. The van der Waals surface area contributed by atoms with Crippen molar-refractivity contribution in [3.8, 4) is 17.2 Å². The number of aromatic hydroxyl groups is 1. The average Bonchev–Trinajstić information content (AvgIpc) is 2.97. The van der Waals surface area contributed by atoms with Crippen molar-refractivity contribution in [2.45, 2.75) is 89.5 Å². The fourth-order valence-corrected chi connectivity index (χ4v) is 2.34. The minimum absolute atomic E-state index is 0.172. The maximum absolute atomic E-state index is 11.7. The number of hydrogen-bond acceptors (Lipinski definition) is 6. The van der Waals surface area contributed by atoms with Gasteiger partial charge in [0.2, 0.25) is 0 Å². The molecule has 3 rings (SSSR count). The minimum Gasteiger partial charge on any atom is -0.508 e. The van der Waals surface area contributed by atoms with Gasteiger partial charge in [0, 0.05) is 5.57 Å². The van der Waals surface area contributed by atoms with E-state index in [1.165, 1.54) is 5.56 Å². The van der Waals surface area contributed by atoms with Crippen LogP contribution in [0.15, 0.2) is 97.1 Å². The van der Waals surface area contributed by atoms with Crippen molar-refractivity contribution in [3.05, 3.63) is 114 Å². The Balaban J connectivity index is 0. The summed E-state index contributed by atoms with van der Waals surface area (Å²) >= 11 is 0.